The fraction of sp³-hybridized carbons (Fsp3) is 0.318. The molecule has 29 heavy (non-hydrogen) atoms. The van der Waals surface area contributed by atoms with Crippen LogP contribution in [0.3, 0.4) is 0 Å². The van der Waals surface area contributed by atoms with Crippen molar-refractivity contribution < 1.29 is 24.2 Å². The van der Waals surface area contributed by atoms with Crippen molar-refractivity contribution in [3.05, 3.63) is 59.7 Å². The number of hydrogen-bond acceptors (Lipinski definition) is 4. The Labute approximate surface area is 170 Å². The van der Waals surface area contributed by atoms with Gasteiger partial charge in [0.1, 0.15) is 5.75 Å². The van der Waals surface area contributed by atoms with Crippen molar-refractivity contribution >= 4 is 23.5 Å². The first kappa shape index (κ1) is 21.9. The quantitative estimate of drug-likeness (QED) is 0.532. The second-order valence-corrected chi connectivity index (χ2v) is 6.52. The molecule has 7 heteroatoms. The molecule has 2 aromatic carbocycles. The second-order valence-electron chi connectivity index (χ2n) is 6.52. The van der Waals surface area contributed by atoms with Gasteiger partial charge in [-0.05, 0) is 50.1 Å². The normalized spacial score (nSPS) is 11.4. The number of benzene rings is 2. The molecule has 0 aliphatic heterocycles. The third-order valence-corrected chi connectivity index (χ3v) is 4.34. The van der Waals surface area contributed by atoms with E-state index in [4.69, 9.17) is 9.84 Å². The number of para-hydroxylation sites is 1. The summed E-state index contributed by atoms with van der Waals surface area (Å²) < 4.78 is 5.45. The van der Waals surface area contributed by atoms with E-state index in [9.17, 15) is 14.4 Å². The number of rotatable bonds is 10. The van der Waals surface area contributed by atoms with Crippen LogP contribution in [0.1, 0.15) is 48.5 Å². The van der Waals surface area contributed by atoms with E-state index in [1.54, 1.807) is 55.5 Å². The Balaban J connectivity index is 1.80. The molecule has 0 spiro atoms. The summed E-state index contributed by atoms with van der Waals surface area (Å²) in [5, 5.41) is 14.6. The summed E-state index contributed by atoms with van der Waals surface area (Å²) in [6, 6.07) is 13.8. The van der Waals surface area contributed by atoms with Gasteiger partial charge in [0, 0.05) is 18.7 Å². The average Bonchev–Trinajstić information content (AvgIpc) is 2.71. The molecule has 1 atom stereocenters. The number of carboxylic acid groups (broad SMARTS) is 1. The monoisotopic (exact) mass is 398 g/mol. The molecule has 0 fully saturated rings. The number of ether oxygens (including phenoxy) is 1. The zero-order chi connectivity index (χ0) is 21.2. The van der Waals surface area contributed by atoms with Gasteiger partial charge in [-0.1, -0.05) is 24.3 Å². The smallest absolute Gasteiger partial charge is 0.310 e. The minimum atomic E-state index is -0.921. The fourth-order valence-electron chi connectivity index (χ4n) is 2.73. The Bertz CT molecular complexity index is 866. The molecule has 7 nitrogen and oxygen atoms in total. The predicted molar refractivity (Wildman–Crippen MR) is 110 cm³/mol. The van der Waals surface area contributed by atoms with Crippen LogP contribution in [-0.2, 0) is 9.59 Å². The maximum Gasteiger partial charge on any atom is 0.310 e. The molecule has 0 aliphatic carbocycles. The van der Waals surface area contributed by atoms with E-state index >= 15 is 0 Å². The van der Waals surface area contributed by atoms with Gasteiger partial charge in [0.25, 0.3) is 5.91 Å². The Kier molecular flexibility index (Phi) is 8.21. The highest BCUT2D eigenvalue weighted by molar-refractivity contribution is 5.97. The molecule has 0 aliphatic rings. The molecule has 154 valence electrons. The number of hydrogen-bond donors (Lipinski definition) is 3. The van der Waals surface area contributed by atoms with Gasteiger partial charge >= 0.3 is 5.97 Å². The molecule has 2 aromatic rings. The Hall–Kier alpha value is -3.35. The minimum Gasteiger partial charge on any atom is -0.493 e. The minimum absolute atomic E-state index is 0.200. The van der Waals surface area contributed by atoms with Gasteiger partial charge in [-0.2, -0.15) is 0 Å². The van der Waals surface area contributed by atoms with Gasteiger partial charge in [-0.15, -0.1) is 0 Å². The van der Waals surface area contributed by atoms with Crippen molar-refractivity contribution in [1.82, 2.24) is 5.32 Å². The topological polar surface area (TPSA) is 105 Å². The van der Waals surface area contributed by atoms with Crippen LogP contribution < -0.4 is 15.4 Å². The van der Waals surface area contributed by atoms with Crippen molar-refractivity contribution in [2.24, 2.45) is 0 Å². The molecule has 1 unspecified atom stereocenters. The van der Waals surface area contributed by atoms with Crippen LogP contribution in [0, 0.1) is 0 Å². The Morgan fingerprint density at radius 3 is 2.59 bits per heavy atom. The van der Waals surface area contributed by atoms with Crippen LogP contribution in [-0.4, -0.2) is 36.0 Å². The van der Waals surface area contributed by atoms with Crippen molar-refractivity contribution in [3.8, 4) is 5.75 Å². The molecule has 0 radical (unpaired) electrons. The Morgan fingerprint density at radius 1 is 1.10 bits per heavy atom. The van der Waals surface area contributed by atoms with Gasteiger partial charge in [-0.3, -0.25) is 14.4 Å². The number of nitrogens with one attached hydrogen (secondary N) is 2. The second kappa shape index (κ2) is 10.8. The molecule has 2 amide bonds. The van der Waals surface area contributed by atoms with Crippen LogP contribution in [0.5, 0.6) is 5.75 Å². The van der Waals surface area contributed by atoms with Crippen molar-refractivity contribution in [2.45, 2.75) is 32.6 Å². The zero-order valence-electron chi connectivity index (χ0n) is 16.6. The summed E-state index contributed by atoms with van der Waals surface area (Å²) >= 11 is 0. The highest BCUT2D eigenvalue weighted by Crippen LogP contribution is 2.20. The summed E-state index contributed by atoms with van der Waals surface area (Å²) in [5.74, 6) is -1.49. The lowest BCUT2D eigenvalue weighted by Gasteiger charge is -2.11. The van der Waals surface area contributed by atoms with E-state index < -0.39 is 11.9 Å². The van der Waals surface area contributed by atoms with E-state index in [1.165, 1.54) is 0 Å². The summed E-state index contributed by atoms with van der Waals surface area (Å²) in [5.41, 5.74) is 1.63. The summed E-state index contributed by atoms with van der Waals surface area (Å²) in [6.07, 6.45) is 0.700. The third kappa shape index (κ3) is 6.64. The van der Waals surface area contributed by atoms with Crippen LogP contribution in [0.4, 0.5) is 5.69 Å². The van der Waals surface area contributed by atoms with Crippen LogP contribution in [0.2, 0.25) is 0 Å². The molecule has 0 bridgehead atoms. The first-order valence-electron chi connectivity index (χ1n) is 9.55. The highest BCUT2D eigenvalue weighted by atomic mass is 16.5. The van der Waals surface area contributed by atoms with Gasteiger partial charge in [0.15, 0.2) is 0 Å². The molecule has 0 heterocycles. The van der Waals surface area contributed by atoms with E-state index in [2.05, 4.69) is 10.6 Å². The number of carbonyl (C=O) groups excluding carboxylic acids is 2. The van der Waals surface area contributed by atoms with Gasteiger partial charge in [0.2, 0.25) is 5.91 Å². The lowest BCUT2D eigenvalue weighted by atomic mass is 10.0. The lowest BCUT2D eigenvalue weighted by molar-refractivity contribution is -0.138. The molecule has 2 rings (SSSR count). The average molecular weight is 398 g/mol. The van der Waals surface area contributed by atoms with Gasteiger partial charge in [-0.25, -0.2) is 0 Å². The molecule has 0 saturated heterocycles. The van der Waals surface area contributed by atoms with E-state index in [-0.39, 0.29) is 18.2 Å². The van der Waals surface area contributed by atoms with Crippen LogP contribution >= 0.6 is 0 Å². The molecule has 3 N–H and O–H groups in total. The number of carboxylic acids is 1. The number of aliphatic carboxylic acids is 1. The maximum absolute atomic E-state index is 12.3. The van der Waals surface area contributed by atoms with E-state index in [0.717, 1.165) is 0 Å². The SMILES string of the molecule is CCOc1ccccc1C(=O)NCCCC(=O)Nc1cccc(C(C)C(=O)O)c1. The number of carbonyl (C=O) groups is 3. The van der Waals surface area contributed by atoms with Crippen molar-refractivity contribution in [3.63, 3.8) is 0 Å². The summed E-state index contributed by atoms with van der Waals surface area (Å²) in [7, 11) is 0. The molecular formula is C22H26N2O5. The van der Waals surface area contributed by atoms with Crippen molar-refractivity contribution in [1.29, 1.82) is 0 Å². The molecule has 0 aromatic heterocycles. The first-order chi connectivity index (χ1) is 13.9. The predicted octanol–water partition coefficient (Wildman–Crippen LogP) is 3.42. The summed E-state index contributed by atoms with van der Waals surface area (Å²) in [4.78, 5) is 35.5. The summed E-state index contributed by atoms with van der Waals surface area (Å²) in [6.45, 7) is 4.26. The van der Waals surface area contributed by atoms with E-state index in [0.29, 0.717) is 42.1 Å². The zero-order valence-corrected chi connectivity index (χ0v) is 16.6. The molecule has 0 saturated carbocycles. The number of anilines is 1. The van der Waals surface area contributed by atoms with E-state index in [1.807, 2.05) is 6.92 Å². The van der Waals surface area contributed by atoms with Crippen molar-refractivity contribution in [2.75, 3.05) is 18.5 Å². The fourth-order valence-corrected chi connectivity index (χ4v) is 2.73. The largest absolute Gasteiger partial charge is 0.493 e. The number of amides is 2. The van der Waals surface area contributed by atoms with Crippen LogP contribution in [0.25, 0.3) is 0 Å². The standard InChI is InChI=1S/C22H26N2O5/c1-3-29-19-11-5-4-10-18(19)21(26)23-13-7-12-20(25)24-17-9-6-8-16(14-17)15(2)22(27)28/h4-6,8-11,14-15H,3,7,12-13H2,1-2H3,(H,23,26)(H,24,25)(H,27,28). The highest BCUT2D eigenvalue weighted by Gasteiger charge is 2.14. The lowest BCUT2D eigenvalue weighted by Crippen LogP contribution is -2.26. The molecular weight excluding hydrogens is 372 g/mol. The van der Waals surface area contributed by atoms with Crippen LogP contribution in [0.15, 0.2) is 48.5 Å². The Morgan fingerprint density at radius 2 is 1.86 bits per heavy atom. The maximum atomic E-state index is 12.3. The van der Waals surface area contributed by atoms with Gasteiger partial charge in [0.05, 0.1) is 18.1 Å². The van der Waals surface area contributed by atoms with Gasteiger partial charge < -0.3 is 20.5 Å². The first-order valence-corrected chi connectivity index (χ1v) is 9.55. The third-order valence-electron chi connectivity index (χ3n) is 4.34.